The molecule has 11 nitrogen and oxygen atoms in total. The van der Waals surface area contributed by atoms with E-state index < -0.39 is 12.3 Å². The first-order chi connectivity index (χ1) is 20.5. The molecule has 1 aliphatic rings. The summed E-state index contributed by atoms with van der Waals surface area (Å²) < 4.78 is 14.5. The number of carbonyl (C=O) groups excluding carboxylic acids is 1. The fourth-order valence-corrected chi connectivity index (χ4v) is 5.45. The molecule has 0 spiro atoms. The fraction of sp³-hybridized carbons (Fsp3) is 0.300. The Morgan fingerprint density at radius 2 is 1.69 bits per heavy atom. The number of tetrazole rings is 1. The number of aliphatic hydroxyl groups excluding tert-OH is 1. The summed E-state index contributed by atoms with van der Waals surface area (Å²) in [7, 11) is 0. The van der Waals surface area contributed by atoms with Gasteiger partial charge in [0.1, 0.15) is 0 Å². The first kappa shape index (κ1) is 29.4. The second kappa shape index (κ2) is 14.2. The van der Waals surface area contributed by atoms with Crippen LogP contribution in [0.3, 0.4) is 0 Å². The van der Waals surface area contributed by atoms with Gasteiger partial charge in [0, 0.05) is 36.3 Å². The van der Waals surface area contributed by atoms with E-state index in [4.69, 9.17) is 14.6 Å². The van der Waals surface area contributed by atoms with Crippen molar-refractivity contribution < 1.29 is 29.3 Å². The predicted octanol–water partition coefficient (Wildman–Crippen LogP) is 4.69. The van der Waals surface area contributed by atoms with Gasteiger partial charge in [-0.1, -0.05) is 66.4 Å². The minimum atomic E-state index is -0.922. The van der Waals surface area contributed by atoms with E-state index in [0.29, 0.717) is 23.0 Å². The molecule has 2 heterocycles. The van der Waals surface area contributed by atoms with Gasteiger partial charge in [-0.25, -0.2) is 0 Å². The van der Waals surface area contributed by atoms with Crippen LogP contribution in [-0.2, 0) is 25.7 Å². The highest BCUT2D eigenvalue weighted by molar-refractivity contribution is 7.99. The molecule has 12 heteroatoms. The lowest BCUT2D eigenvalue weighted by atomic mass is 10.0. The van der Waals surface area contributed by atoms with E-state index in [1.165, 1.54) is 11.8 Å². The van der Waals surface area contributed by atoms with Crippen LogP contribution < -0.4 is 5.32 Å². The largest absolute Gasteiger partial charge is 0.481 e. The van der Waals surface area contributed by atoms with Gasteiger partial charge in [-0.05, 0) is 52.2 Å². The van der Waals surface area contributed by atoms with Gasteiger partial charge in [-0.3, -0.25) is 9.59 Å². The fourth-order valence-electron chi connectivity index (χ4n) is 4.54. The van der Waals surface area contributed by atoms with Crippen LogP contribution in [0.1, 0.15) is 54.8 Å². The molecule has 1 saturated heterocycles. The van der Waals surface area contributed by atoms with Gasteiger partial charge in [0.05, 0.1) is 24.5 Å². The van der Waals surface area contributed by atoms with Crippen LogP contribution in [0.4, 0.5) is 5.69 Å². The standard InChI is InChI=1S/C30H31N5O6S/c36-18-20-9-11-21(12-10-20)26-17-25(19-42-30-32-33-34-35(30)24-5-2-1-3-6-24)40-29(41-26)22-13-15-23(16-14-22)31-27(37)7-4-8-28(38)39/h1-3,5-6,9-16,25-26,29,36H,4,7-8,17-19H2,(H,31,37)(H,38,39). The molecule has 42 heavy (non-hydrogen) atoms. The Morgan fingerprint density at radius 1 is 0.952 bits per heavy atom. The van der Waals surface area contributed by atoms with Crippen molar-refractivity contribution >= 4 is 29.3 Å². The second-order valence-electron chi connectivity index (χ2n) is 9.79. The third-order valence-electron chi connectivity index (χ3n) is 6.72. The van der Waals surface area contributed by atoms with Crippen molar-refractivity contribution in [3.63, 3.8) is 0 Å². The van der Waals surface area contributed by atoms with Crippen molar-refractivity contribution in [2.24, 2.45) is 0 Å². The van der Waals surface area contributed by atoms with E-state index in [1.54, 1.807) is 16.8 Å². The van der Waals surface area contributed by atoms with Crippen LogP contribution in [0, 0.1) is 0 Å². The van der Waals surface area contributed by atoms with Crippen molar-refractivity contribution in [1.29, 1.82) is 0 Å². The molecule has 5 rings (SSSR count). The van der Waals surface area contributed by atoms with Gasteiger partial charge in [-0.2, -0.15) is 4.68 Å². The van der Waals surface area contributed by atoms with Crippen LogP contribution in [0.2, 0.25) is 0 Å². The molecule has 1 fully saturated rings. The molecule has 218 valence electrons. The van der Waals surface area contributed by atoms with Gasteiger partial charge in [-0.15, -0.1) is 5.10 Å². The minimum absolute atomic E-state index is 0.0324. The number of benzene rings is 3. The normalized spacial score (nSPS) is 18.5. The number of aliphatic hydroxyl groups is 1. The molecule has 1 aromatic heterocycles. The topological polar surface area (TPSA) is 149 Å². The third kappa shape index (κ3) is 7.79. The Hall–Kier alpha value is -4.10. The highest BCUT2D eigenvalue weighted by atomic mass is 32.2. The zero-order valence-corrected chi connectivity index (χ0v) is 23.5. The van der Waals surface area contributed by atoms with Crippen LogP contribution in [0.15, 0.2) is 84.0 Å². The number of aromatic nitrogens is 4. The van der Waals surface area contributed by atoms with Gasteiger partial charge in [0.25, 0.3) is 0 Å². The maximum absolute atomic E-state index is 12.2. The summed E-state index contributed by atoms with van der Waals surface area (Å²) in [5, 5.41) is 33.9. The number of nitrogens with zero attached hydrogens (tertiary/aromatic N) is 4. The predicted molar refractivity (Wildman–Crippen MR) is 155 cm³/mol. The number of hydrogen-bond donors (Lipinski definition) is 3. The summed E-state index contributed by atoms with van der Waals surface area (Å²) >= 11 is 1.50. The summed E-state index contributed by atoms with van der Waals surface area (Å²) in [6, 6.07) is 24.6. The Labute approximate surface area is 246 Å². The summed E-state index contributed by atoms with van der Waals surface area (Å²) in [5.74, 6) is -0.577. The number of thioether (sulfide) groups is 1. The zero-order chi connectivity index (χ0) is 29.3. The summed E-state index contributed by atoms with van der Waals surface area (Å²) in [6.45, 7) is -0.0324. The SMILES string of the molecule is O=C(O)CCCC(=O)Nc1ccc(C2OC(CSc3nnnn3-c3ccccc3)CC(c3ccc(CO)cc3)O2)cc1. The summed E-state index contributed by atoms with van der Waals surface area (Å²) in [4.78, 5) is 22.9. The summed E-state index contributed by atoms with van der Waals surface area (Å²) in [6.07, 6.45) is -0.121. The molecule has 0 bridgehead atoms. The number of hydrogen-bond acceptors (Lipinski definition) is 9. The summed E-state index contributed by atoms with van der Waals surface area (Å²) in [5.41, 5.74) is 4.06. The monoisotopic (exact) mass is 589 g/mol. The first-order valence-corrected chi connectivity index (χ1v) is 14.6. The number of carboxylic acids is 1. The average Bonchev–Trinajstić information content (AvgIpc) is 3.49. The molecule has 1 aliphatic heterocycles. The average molecular weight is 590 g/mol. The number of carboxylic acid groups (broad SMARTS) is 1. The Balaban J connectivity index is 1.28. The number of para-hydroxylation sites is 1. The second-order valence-corrected chi connectivity index (χ2v) is 10.8. The molecule has 0 saturated carbocycles. The van der Waals surface area contributed by atoms with Gasteiger partial charge in [0.15, 0.2) is 6.29 Å². The molecule has 3 unspecified atom stereocenters. The van der Waals surface area contributed by atoms with Crippen LogP contribution in [0.25, 0.3) is 5.69 Å². The van der Waals surface area contributed by atoms with E-state index in [2.05, 4.69) is 20.8 Å². The number of carbonyl (C=O) groups is 2. The van der Waals surface area contributed by atoms with Crippen LogP contribution >= 0.6 is 11.8 Å². The number of aliphatic carboxylic acids is 1. The van der Waals surface area contributed by atoms with Crippen molar-refractivity contribution in [2.45, 2.75) is 55.9 Å². The number of rotatable bonds is 12. The van der Waals surface area contributed by atoms with Crippen molar-refractivity contribution in [3.05, 3.63) is 95.6 Å². The van der Waals surface area contributed by atoms with E-state index in [-0.39, 0.29) is 44.0 Å². The van der Waals surface area contributed by atoms with E-state index in [0.717, 1.165) is 22.4 Å². The van der Waals surface area contributed by atoms with Crippen molar-refractivity contribution in [3.8, 4) is 5.69 Å². The highest BCUT2D eigenvalue weighted by Crippen LogP contribution is 2.39. The lowest BCUT2D eigenvalue weighted by Gasteiger charge is -2.36. The third-order valence-corrected chi connectivity index (χ3v) is 7.77. The van der Waals surface area contributed by atoms with E-state index in [9.17, 15) is 14.7 Å². The Kier molecular flexibility index (Phi) is 9.93. The molecule has 0 radical (unpaired) electrons. The van der Waals surface area contributed by atoms with Crippen molar-refractivity contribution in [2.75, 3.05) is 11.1 Å². The maximum Gasteiger partial charge on any atom is 0.303 e. The zero-order valence-electron chi connectivity index (χ0n) is 22.7. The Bertz CT molecular complexity index is 1470. The molecular formula is C30H31N5O6S. The molecule has 3 atom stereocenters. The van der Waals surface area contributed by atoms with Gasteiger partial charge in [0.2, 0.25) is 11.1 Å². The maximum atomic E-state index is 12.2. The number of ether oxygens (including phenoxy) is 2. The Morgan fingerprint density at radius 3 is 2.40 bits per heavy atom. The smallest absolute Gasteiger partial charge is 0.303 e. The quantitative estimate of drug-likeness (QED) is 0.199. The molecule has 1 amide bonds. The number of amides is 1. The molecule has 0 aliphatic carbocycles. The highest BCUT2D eigenvalue weighted by Gasteiger charge is 2.32. The minimum Gasteiger partial charge on any atom is -0.481 e. The van der Waals surface area contributed by atoms with Crippen LogP contribution in [-0.4, -0.2) is 54.2 Å². The molecular weight excluding hydrogens is 558 g/mol. The van der Waals surface area contributed by atoms with Crippen LogP contribution in [0.5, 0.6) is 0 Å². The van der Waals surface area contributed by atoms with E-state index >= 15 is 0 Å². The van der Waals surface area contributed by atoms with Gasteiger partial charge >= 0.3 is 5.97 Å². The molecule has 3 aromatic carbocycles. The molecule has 4 aromatic rings. The first-order valence-electron chi connectivity index (χ1n) is 13.6. The van der Waals surface area contributed by atoms with Crippen molar-refractivity contribution in [1.82, 2.24) is 20.2 Å². The lowest BCUT2D eigenvalue weighted by molar-refractivity contribution is -0.245. The van der Waals surface area contributed by atoms with Gasteiger partial charge < -0.3 is 25.0 Å². The molecule has 3 N–H and O–H groups in total. The number of nitrogens with one attached hydrogen (secondary N) is 1. The van der Waals surface area contributed by atoms with E-state index in [1.807, 2.05) is 66.7 Å². The number of anilines is 1. The lowest BCUT2D eigenvalue weighted by Crippen LogP contribution is -2.31.